The van der Waals surface area contributed by atoms with Gasteiger partial charge in [0.05, 0.1) is 17.7 Å². The standard InChI is InChI=1S/C22H22N2O4S/c1-23(18-9-5-3-6-10-18)22(25)17-24(19-11-7-4-8-12-19)29(26,27)21-15-13-20(28-2)14-16-21/h3-16H,17H2,1-2H3. The summed E-state index contributed by atoms with van der Waals surface area (Å²) in [4.78, 5) is 14.4. The van der Waals surface area contributed by atoms with Gasteiger partial charge in [-0.2, -0.15) is 0 Å². The molecule has 29 heavy (non-hydrogen) atoms. The van der Waals surface area contributed by atoms with Gasteiger partial charge >= 0.3 is 0 Å². The van der Waals surface area contributed by atoms with E-state index in [0.717, 1.165) is 4.31 Å². The molecule has 0 saturated carbocycles. The van der Waals surface area contributed by atoms with E-state index in [1.54, 1.807) is 61.6 Å². The number of ether oxygens (including phenoxy) is 1. The van der Waals surface area contributed by atoms with Crippen LogP contribution in [0.1, 0.15) is 0 Å². The number of hydrogen-bond donors (Lipinski definition) is 0. The average Bonchev–Trinajstić information content (AvgIpc) is 2.77. The molecule has 0 aromatic heterocycles. The van der Waals surface area contributed by atoms with Crippen LogP contribution in [0.4, 0.5) is 11.4 Å². The lowest BCUT2D eigenvalue weighted by Crippen LogP contribution is -2.41. The van der Waals surface area contributed by atoms with Gasteiger partial charge in [0.1, 0.15) is 12.3 Å². The maximum atomic E-state index is 13.3. The number of methoxy groups -OCH3 is 1. The van der Waals surface area contributed by atoms with Crippen molar-refractivity contribution in [2.24, 2.45) is 0 Å². The molecular weight excluding hydrogens is 388 g/mol. The molecule has 3 aromatic carbocycles. The van der Waals surface area contributed by atoms with E-state index in [2.05, 4.69) is 0 Å². The third-order valence-corrected chi connectivity index (χ3v) is 6.28. The number of carbonyl (C=O) groups is 1. The SMILES string of the molecule is COc1ccc(S(=O)(=O)N(CC(=O)N(C)c2ccccc2)c2ccccc2)cc1. The molecule has 0 aliphatic carbocycles. The van der Waals surface area contributed by atoms with Crippen molar-refractivity contribution in [3.63, 3.8) is 0 Å². The van der Waals surface area contributed by atoms with E-state index in [4.69, 9.17) is 4.74 Å². The van der Waals surface area contributed by atoms with Gasteiger partial charge in [-0.15, -0.1) is 0 Å². The van der Waals surface area contributed by atoms with Crippen molar-refractivity contribution in [1.29, 1.82) is 0 Å². The van der Waals surface area contributed by atoms with Gasteiger partial charge in [-0.1, -0.05) is 36.4 Å². The Labute approximate surface area is 171 Å². The third kappa shape index (κ3) is 4.57. The lowest BCUT2D eigenvalue weighted by Gasteiger charge is -2.26. The van der Waals surface area contributed by atoms with Crippen LogP contribution in [0.2, 0.25) is 0 Å². The molecule has 0 unspecified atom stereocenters. The van der Waals surface area contributed by atoms with Crippen molar-refractivity contribution in [3.05, 3.63) is 84.9 Å². The van der Waals surface area contributed by atoms with Gasteiger partial charge in [0, 0.05) is 12.7 Å². The van der Waals surface area contributed by atoms with Gasteiger partial charge in [-0.25, -0.2) is 8.42 Å². The fraction of sp³-hybridized carbons (Fsp3) is 0.136. The largest absolute Gasteiger partial charge is 0.497 e. The van der Waals surface area contributed by atoms with Crippen molar-refractivity contribution < 1.29 is 17.9 Å². The molecule has 3 aromatic rings. The zero-order chi connectivity index (χ0) is 20.9. The molecule has 0 radical (unpaired) electrons. The highest BCUT2D eigenvalue weighted by atomic mass is 32.2. The fourth-order valence-corrected chi connectivity index (χ4v) is 4.22. The Bertz CT molecular complexity index is 1050. The second kappa shape index (κ2) is 8.79. The molecule has 6 nitrogen and oxygen atoms in total. The van der Waals surface area contributed by atoms with E-state index in [1.165, 1.54) is 24.1 Å². The number of benzene rings is 3. The first-order valence-corrected chi connectivity index (χ1v) is 10.4. The summed E-state index contributed by atoms with van der Waals surface area (Å²) >= 11 is 0. The van der Waals surface area contributed by atoms with Gasteiger partial charge in [-0.3, -0.25) is 9.10 Å². The second-order valence-electron chi connectivity index (χ2n) is 6.31. The number of para-hydroxylation sites is 2. The Hall–Kier alpha value is -3.32. The summed E-state index contributed by atoms with van der Waals surface area (Å²) in [7, 11) is -0.822. The van der Waals surface area contributed by atoms with Gasteiger partial charge in [0.15, 0.2) is 0 Å². The summed E-state index contributed by atoms with van der Waals surface area (Å²) < 4.78 is 32.9. The number of sulfonamides is 1. The van der Waals surface area contributed by atoms with Crippen LogP contribution in [0.15, 0.2) is 89.8 Å². The van der Waals surface area contributed by atoms with Gasteiger partial charge in [0.25, 0.3) is 10.0 Å². The topological polar surface area (TPSA) is 66.9 Å². The summed E-state index contributed by atoms with van der Waals surface area (Å²) in [6, 6.07) is 23.8. The first-order valence-electron chi connectivity index (χ1n) is 8.97. The molecule has 0 fully saturated rings. The maximum Gasteiger partial charge on any atom is 0.264 e. The van der Waals surface area contributed by atoms with E-state index in [0.29, 0.717) is 17.1 Å². The lowest BCUT2D eigenvalue weighted by atomic mass is 10.3. The number of rotatable bonds is 7. The summed E-state index contributed by atoms with van der Waals surface area (Å²) in [5.74, 6) is 0.201. The van der Waals surface area contributed by atoms with Crippen molar-refractivity contribution in [1.82, 2.24) is 0 Å². The molecule has 0 heterocycles. The summed E-state index contributed by atoms with van der Waals surface area (Å²) in [5, 5.41) is 0. The quantitative estimate of drug-likeness (QED) is 0.597. The minimum absolute atomic E-state index is 0.0808. The van der Waals surface area contributed by atoms with Gasteiger partial charge in [0.2, 0.25) is 5.91 Å². The highest BCUT2D eigenvalue weighted by molar-refractivity contribution is 7.92. The molecular formula is C22H22N2O4S. The first kappa shape index (κ1) is 20.4. The second-order valence-corrected chi connectivity index (χ2v) is 8.17. The Kier molecular flexibility index (Phi) is 6.19. The summed E-state index contributed by atoms with van der Waals surface area (Å²) in [6.45, 7) is -0.330. The summed E-state index contributed by atoms with van der Waals surface area (Å²) in [6.07, 6.45) is 0. The molecule has 0 bridgehead atoms. The highest BCUT2D eigenvalue weighted by Crippen LogP contribution is 2.25. The van der Waals surface area contributed by atoms with E-state index in [9.17, 15) is 13.2 Å². The van der Waals surface area contributed by atoms with Gasteiger partial charge < -0.3 is 9.64 Å². The molecule has 7 heteroatoms. The number of anilines is 2. The lowest BCUT2D eigenvalue weighted by molar-refractivity contribution is -0.116. The monoisotopic (exact) mass is 410 g/mol. The zero-order valence-corrected chi connectivity index (χ0v) is 17.0. The van der Waals surface area contributed by atoms with Crippen molar-refractivity contribution >= 4 is 27.3 Å². The van der Waals surface area contributed by atoms with E-state index < -0.39 is 10.0 Å². The Morgan fingerprint density at radius 3 is 1.86 bits per heavy atom. The van der Waals surface area contributed by atoms with Crippen molar-refractivity contribution in [3.8, 4) is 5.75 Å². The normalized spacial score (nSPS) is 11.0. The maximum absolute atomic E-state index is 13.3. The number of likely N-dealkylation sites (N-methyl/N-ethyl adjacent to an activating group) is 1. The van der Waals surface area contributed by atoms with Crippen molar-refractivity contribution in [2.75, 3.05) is 29.9 Å². The van der Waals surface area contributed by atoms with Crippen LogP contribution < -0.4 is 13.9 Å². The predicted molar refractivity (Wildman–Crippen MR) is 114 cm³/mol. The van der Waals surface area contributed by atoms with Crippen LogP contribution in [0, 0.1) is 0 Å². The smallest absolute Gasteiger partial charge is 0.264 e. The number of hydrogen-bond acceptors (Lipinski definition) is 4. The fourth-order valence-electron chi connectivity index (χ4n) is 2.81. The molecule has 0 atom stereocenters. The first-order chi connectivity index (χ1) is 13.9. The van der Waals surface area contributed by atoms with E-state index in [1.807, 2.05) is 18.2 Å². The van der Waals surface area contributed by atoms with Crippen molar-refractivity contribution in [2.45, 2.75) is 4.90 Å². The summed E-state index contributed by atoms with van der Waals surface area (Å²) in [5.41, 5.74) is 1.10. The predicted octanol–water partition coefficient (Wildman–Crippen LogP) is 3.55. The molecule has 0 aliphatic heterocycles. The average molecular weight is 410 g/mol. The molecule has 3 rings (SSSR count). The third-order valence-electron chi connectivity index (χ3n) is 4.49. The van der Waals surface area contributed by atoms with Crippen LogP contribution in [0.5, 0.6) is 5.75 Å². The number of carbonyl (C=O) groups excluding carboxylic acids is 1. The zero-order valence-electron chi connectivity index (χ0n) is 16.2. The Morgan fingerprint density at radius 2 is 1.34 bits per heavy atom. The minimum Gasteiger partial charge on any atom is -0.497 e. The molecule has 0 aliphatic rings. The molecule has 150 valence electrons. The molecule has 0 saturated heterocycles. The Morgan fingerprint density at radius 1 is 0.828 bits per heavy atom. The highest BCUT2D eigenvalue weighted by Gasteiger charge is 2.28. The molecule has 0 N–H and O–H groups in total. The van der Waals surface area contributed by atoms with Crippen LogP contribution in [-0.4, -0.2) is 35.0 Å². The molecule has 0 spiro atoms. The van der Waals surface area contributed by atoms with Crippen LogP contribution in [0.25, 0.3) is 0 Å². The van der Waals surface area contributed by atoms with Crippen LogP contribution in [-0.2, 0) is 14.8 Å². The van der Waals surface area contributed by atoms with Crippen LogP contribution >= 0.6 is 0 Å². The van der Waals surface area contributed by atoms with Gasteiger partial charge in [-0.05, 0) is 48.5 Å². The minimum atomic E-state index is -3.96. The number of nitrogens with zero attached hydrogens (tertiary/aromatic N) is 2. The van der Waals surface area contributed by atoms with E-state index in [-0.39, 0.29) is 17.3 Å². The van der Waals surface area contributed by atoms with Crippen LogP contribution in [0.3, 0.4) is 0 Å². The van der Waals surface area contributed by atoms with E-state index >= 15 is 0 Å². The molecule has 1 amide bonds. The Balaban J connectivity index is 1.95. The number of amides is 1.